The van der Waals surface area contributed by atoms with Crippen LogP contribution in [0.4, 0.5) is 5.82 Å². The molecule has 17 heavy (non-hydrogen) atoms. The van der Waals surface area contributed by atoms with E-state index in [-0.39, 0.29) is 0 Å². The zero-order valence-electron chi connectivity index (χ0n) is 9.64. The van der Waals surface area contributed by atoms with Gasteiger partial charge in [-0.2, -0.15) is 0 Å². The standard InChI is InChI=1S/C11H15N3O3/c1-2-17-9-5-8(13-7-14-9)12-6-11(3-4-11)10(15)16/h5,7H,2-4,6H2,1H3,(H,15,16)(H,12,13,14). The summed E-state index contributed by atoms with van der Waals surface area (Å²) in [5, 5.41) is 12.0. The van der Waals surface area contributed by atoms with Crippen LogP contribution in [0.3, 0.4) is 0 Å². The highest BCUT2D eigenvalue weighted by atomic mass is 16.5. The number of carboxylic acids is 1. The highest BCUT2D eigenvalue weighted by molar-refractivity contribution is 5.78. The molecule has 1 heterocycles. The normalized spacial score (nSPS) is 16.3. The monoisotopic (exact) mass is 237 g/mol. The van der Waals surface area contributed by atoms with E-state index in [0.29, 0.717) is 24.8 Å². The van der Waals surface area contributed by atoms with Crippen LogP contribution in [0.5, 0.6) is 5.88 Å². The maximum Gasteiger partial charge on any atom is 0.311 e. The van der Waals surface area contributed by atoms with Crippen LogP contribution < -0.4 is 10.1 Å². The highest BCUT2D eigenvalue weighted by Crippen LogP contribution is 2.45. The van der Waals surface area contributed by atoms with Crippen molar-refractivity contribution in [2.75, 3.05) is 18.5 Å². The van der Waals surface area contributed by atoms with Gasteiger partial charge in [0.25, 0.3) is 0 Å². The van der Waals surface area contributed by atoms with Gasteiger partial charge in [0.05, 0.1) is 12.0 Å². The van der Waals surface area contributed by atoms with Gasteiger partial charge in [0, 0.05) is 12.6 Å². The van der Waals surface area contributed by atoms with Gasteiger partial charge in [-0.25, -0.2) is 9.97 Å². The Kier molecular flexibility index (Phi) is 3.12. The molecule has 1 aromatic rings. The molecule has 0 radical (unpaired) electrons. The van der Waals surface area contributed by atoms with Gasteiger partial charge in [-0.05, 0) is 19.8 Å². The van der Waals surface area contributed by atoms with Crippen molar-refractivity contribution >= 4 is 11.8 Å². The first kappa shape index (κ1) is 11.6. The highest BCUT2D eigenvalue weighted by Gasteiger charge is 2.50. The Morgan fingerprint density at radius 1 is 1.59 bits per heavy atom. The number of rotatable bonds is 6. The number of carboxylic acid groups (broad SMARTS) is 1. The first-order valence-corrected chi connectivity index (χ1v) is 5.58. The molecule has 0 aliphatic heterocycles. The van der Waals surface area contributed by atoms with Crippen molar-refractivity contribution in [1.82, 2.24) is 9.97 Å². The zero-order chi connectivity index (χ0) is 12.3. The Hall–Kier alpha value is -1.85. The van der Waals surface area contributed by atoms with Crippen LogP contribution in [0.1, 0.15) is 19.8 Å². The molecule has 2 N–H and O–H groups in total. The average Bonchev–Trinajstić information content (AvgIpc) is 3.08. The van der Waals surface area contributed by atoms with Crippen LogP contribution in [-0.4, -0.2) is 34.2 Å². The fraction of sp³-hybridized carbons (Fsp3) is 0.545. The average molecular weight is 237 g/mol. The second-order valence-electron chi connectivity index (χ2n) is 4.11. The zero-order valence-corrected chi connectivity index (χ0v) is 9.64. The van der Waals surface area contributed by atoms with E-state index in [2.05, 4.69) is 15.3 Å². The van der Waals surface area contributed by atoms with E-state index in [1.807, 2.05) is 6.92 Å². The third-order valence-electron chi connectivity index (χ3n) is 2.85. The third-order valence-corrected chi connectivity index (χ3v) is 2.85. The quantitative estimate of drug-likeness (QED) is 0.772. The van der Waals surface area contributed by atoms with Crippen molar-refractivity contribution in [1.29, 1.82) is 0 Å². The fourth-order valence-electron chi connectivity index (χ4n) is 1.54. The number of aliphatic carboxylic acids is 1. The number of carbonyl (C=O) groups is 1. The Morgan fingerprint density at radius 3 is 2.94 bits per heavy atom. The van der Waals surface area contributed by atoms with Crippen LogP contribution in [0.25, 0.3) is 0 Å². The smallest absolute Gasteiger partial charge is 0.311 e. The Bertz CT molecular complexity index is 418. The summed E-state index contributed by atoms with van der Waals surface area (Å²) in [4.78, 5) is 18.9. The Morgan fingerprint density at radius 2 is 2.35 bits per heavy atom. The largest absolute Gasteiger partial charge is 0.481 e. The van der Waals surface area contributed by atoms with Crippen molar-refractivity contribution in [3.8, 4) is 5.88 Å². The lowest BCUT2D eigenvalue weighted by Crippen LogP contribution is -2.24. The molecule has 6 heteroatoms. The van der Waals surface area contributed by atoms with E-state index < -0.39 is 11.4 Å². The topological polar surface area (TPSA) is 84.3 Å². The van der Waals surface area contributed by atoms with Gasteiger partial charge < -0.3 is 15.2 Å². The van der Waals surface area contributed by atoms with Crippen molar-refractivity contribution in [2.45, 2.75) is 19.8 Å². The summed E-state index contributed by atoms with van der Waals surface area (Å²) in [5.74, 6) is 0.338. The van der Waals surface area contributed by atoms with Crippen molar-refractivity contribution in [3.63, 3.8) is 0 Å². The Labute approximate surface area is 99.0 Å². The van der Waals surface area contributed by atoms with Gasteiger partial charge in [-0.3, -0.25) is 4.79 Å². The lowest BCUT2D eigenvalue weighted by molar-refractivity contribution is -0.142. The van der Waals surface area contributed by atoms with Gasteiger partial charge in [0.1, 0.15) is 12.1 Å². The predicted molar refractivity (Wildman–Crippen MR) is 61.0 cm³/mol. The van der Waals surface area contributed by atoms with Crippen molar-refractivity contribution in [3.05, 3.63) is 12.4 Å². The molecule has 0 amide bonds. The number of nitrogens with zero attached hydrogens (tertiary/aromatic N) is 2. The van der Waals surface area contributed by atoms with E-state index >= 15 is 0 Å². The van der Waals surface area contributed by atoms with E-state index in [1.54, 1.807) is 6.07 Å². The summed E-state index contributed by atoms with van der Waals surface area (Å²) in [5.41, 5.74) is -0.600. The molecule has 0 spiro atoms. The second-order valence-corrected chi connectivity index (χ2v) is 4.11. The minimum Gasteiger partial charge on any atom is -0.481 e. The molecule has 0 atom stereocenters. The summed E-state index contributed by atoms with van der Waals surface area (Å²) in [7, 11) is 0. The maximum atomic E-state index is 11.0. The van der Waals surface area contributed by atoms with Gasteiger partial charge in [0.2, 0.25) is 5.88 Å². The number of hydrogen-bond donors (Lipinski definition) is 2. The third kappa shape index (κ3) is 2.64. The van der Waals surface area contributed by atoms with Crippen LogP contribution >= 0.6 is 0 Å². The molecule has 1 aliphatic rings. The molecule has 0 unspecified atom stereocenters. The van der Waals surface area contributed by atoms with Crippen LogP contribution in [0.2, 0.25) is 0 Å². The summed E-state index contributed by atoms with van der Waals surface area (Å²) >= 11 is 0. The van der Waals surface area contributed by atoms with Gasteiger partial charge >= 0.3 is 5.97 Å². The molecule has 0 aromatic carbocycles. The number of hydrogen-bond acceptors (Lipinski definition) is 5. The number of anilines is 1. The summed E-state index contributed by atoms with van der Waals surface area (Å²) in [6, 6.07) is 1.67. The Balaban J connectivity index is 1.95. The van der Waals surface area contributed by atoms with Gasteiger partial charge in [-0.1, -0.05) is 0 Å². The van der Waals surface area contributed by atoms with Crippen LogP contribution in [-0.2, 0) is 4.79 Å². The van der Waals surface area contributed by atoms with E-state index in [4.69, 9.17) is 9.84 Å². The minimum atomic E-state index is -0.746. The number of nitrogens with one attached hydrogen (secondary N) is 1. The van der Waals surface area contributed by atoms with Gasteiger partial charge in [-0.15, -0.1) is 0 Å². The van der Waals surface area contributed by atoms with Crippen molar-refractivity contribution in [2.24, 2.45) is 5.41 Å². The van der Waals surface area contributed by atoms with Crippen LogP contribution in [0, 0.1) is 5.41 Å². The lowest BCUT2D eigenvalue weighted by atomic mass is 10.1. The lowest BCUT2D eigenvalue weighted by Gasteiger charge is -2.11. The van der Waals surface area contributed by atoms with Crippen LogP contribution in [0.15, 0.2) is 12.4 Å². The van der Waals surface area contributed by atoms with Gasteiger partial charge in [0.15, 0.2) is 0 Å². The maximum absolute atomic E-state index is 11.0. The molecule has 1 aliphatic carbocycles. The molecule has 1 fully saturated rings. The molecule has 2 rings (SSSR count). The van der Waals surface area contributed by atoms with Crippen molar-refractivity contribution < 1.29 is 14.6 Å². The number of aromatic nitrogens is 2. The van der Waals surface area contributed by atoms with E-state index in [1.165, 1.54) is 6.33 Å². The first-order chi connectivity index (χ1) is 8.16. The molecule has 0 bridgehead atoms. The number of ether oxygens (including phenoxy) is 1. The molecule has 6 nitrogen and oxygen atoms in total. The molecular weight excluding hydrogens is 222 g/mol. The molecule has 92 valence electrons. The van der Waals surface area contributed by atoms with E-state index in [9.17, 15) is 4.79 Å². The molecular formula is C11H15N3O3. The summed E-state index contributed by atoms with van der Waals surface area (Å²) < 4.78 is 5.23. The van der Waals surface area contributed by atoms with E-state index in [0.717, 1.165) is 12.8 Å². The second kappa shape index (κ2) is 4.57. The molecule has 1 saturated carbocycles. The summed E-state index contributed by atoms with van der Waals surface area (Å²) in [6.45, 7) is 2.80. The summed E-state index contributed by atoms with van der Waals surface area (Å²) in [6.07, 6.45) is 2.84. The fourth-order valence-corrected chi connectivity index (χ4v) is 1.54. The SMILES string of the molecule is CCOc1cc(NCC2(C(=O)O)CC2)ncn1. The first-order valence-electron chi connectivity index (χ1n) is 5.58. The molecule has 1 aromatic heterocycles. The minimum absolute atomic E-state index is 0.394. The molecule has 0 saturated heterocycles. The predicted octanol–water partition coefficient (Wildman–Crippen LogP) is 1.15.